The summed E-state index contributed by atoms with van der Waals surface area (Å²) in [5, 5.41) is 13.6. The summed E-state index contributed by atoms with van der Waals surface area (Å²) in [6, 6.07) is 7.48. The Hall–Kier alpha value is -1.30. The summed E-state index contributed by atoms with van der Waals surface area (Å²) < 4.78 is 16.4. The van der Waals surface area contributed by atoms with E-state index < -0.39 is 11.7 Å². The fourth-order valence-corrected chi connectivity index (χ4v) is 1.96. The molecule has 0 spiro atoms. The molecule has 1 aromatic rings. The van der Waals surface area contributed by atoms with E-state index in [4.69, 9.17) is 14.2 Å². The van der Waals surface area contributed by atoms with Crippen LogP contribution in [0.4, 0.5) is 0 Å². The van der Waals surface area contributed by atoms with Crippen molar-refractivity contribution in [2.45, 2.75) is 18.6 Å². The maximum Gasteiger partial charge on any atom is 0.162 e. The number of aliphatic hydroxyl groups is 1. The highest BCUT2D eigenvalue weighted by Gasteiger charge is 2.37. The third-order valence-electron chi connectivity index (χ3n) is 3.17. The smallest absolute Gasteiger partial charge is 0.162 e. The predicted octanol–water partition coefficient (Wildman–Crippen LogP) is 0.813. The van der Waals surface area contributed by atoms with E-state index in [1.165, 1.54) is 0 Å². The molecule has 2 atom stereocenters. The van der Waals surface area contributed by atoms with Gasteiger partial charge in [-0.2, -0.15) is 0 Å². The summed E-state index contributed by atoms with van der Waals surface area (Å²) in [5.41, 5.74) is -0.999. The van der Waals surface area contributed by atoms with Crippen LogP contribution in [0.2, 0.25) is 0 Å². The van der Waals surface area contributed by atoms with Crippen molar-refractivity contribution in [3.05, 3.63) is 24.3 Å². The van der Waals surface area contributed by atoms with Gasteiger partial charge in [0.25, 0.3) is 0 Å². The molecule has 1 heterocycles. The zero-order valence-electron chi connectivity index (χ0n) is 11.4. The van der Waals surface area contributed by atoms with E-state index in [0.717, 1.165) is 5.75 Å². The number of fused-ring (bicyclic) bond motifs is 1. The first-order valence-corrected chi connectivity index (χ1v) is 6.44. The summed E-state index contributed by atoms with van der Waals surface area (Å²) in [7, 11) is 1.65. The Bertz CT molecular complexity index is 408. The van der Waals surface area contributed by atoms with Crippen LogP contribution in [0.25, 0.3) is 0 Å². The van der Waals surface area contributed by atoms with Crippen molar-refractivity contribution in [1.82, 2.24) is 5.32 Å². The van der Waals surface area contributed by atoms with Crippen LogP contribution in [0.3, 0.4) is 0 Å². The lowest BCUT2D eigenvalue weighted by atomic mass is 9.98. The molecule has 1 aliphatic rings. The minimum absolute atomic E-state index is 0.343. The first-order chi connectivity index (χ1) is 9.13. The maximum absolute atomic E-state index is 10.5. The van der Waals surface area contributed by atoms with E-state index >= 15 is 0 Å². The van der Waals surface area contributed by atoms with Crippen molar-refractivity contribution in [3.8, 4) is 11.5 Å². The fourth-order valence-electron chi connectivity index (χ4n) is 1.96. The van der Waals surface area contributed by atoms with Gasteiger partial charge in [-0.05, 0) is 19.1 Å². The van der Waals surface area contributed by atoms with E-state index in [1.54, 1.807) is 14.0 Å². The monoisotopic (exact) mass is 267 g/mol. The van der Waals surface area contributed by atoms with Crippen molar-refractivity contribution in [2.75, 3.05) is 33.4 Å². The van der Waals surface area contributed by atoms with Crippen LogP contribution in [0.1, 0.15) is 6.92 Å². The standard InChI is InChI=1S/C14H21NO4/c1-14(16,10-15-7-8-17-2)13-9-18-11-5-3-4-6-12(11)19-13/h3-6,13,15-16H,7-10H2,1-2H3. The fraction of sp³-hybridized carbons (Fsp3) is 0.571. The highest BCUT2D eigenvalue weighted by molar-refractivity contribution is 5.41. The van der Waals surface area contributed by atoms with Crippen molar-refractivity contribution >= 4 is 0 Å². The number of para-hydroxylation sites is 2. The number of nitrogens with one attached hydrogen (secondary N) is 1. The van der Waals surface area contributed by atoms with Crippen LogP contribution in [0.5, 0.6) is 11.5 Å². The molecule has 0 bridgehead atoms. The van der Waals surface area contributed by atoms with Gasteiger partial charge in [0.15, 0.2) is 17.6 Å². The number of rotatable bonds is 6. The Morgan fingerprint density at radius 3 is 2.89 bits per heavy atom. The Morgan fingerprint density at radius 1 is 1.42 bits per heavy atom. The van der Waals surface area contributed by atoms with E-state index in [2.05, 4.69) is 5.32 Å². The van der Waals surface area contributed by atoms with Crippen molar-refractivity contribution in [2.24, 2.45) is 0 Å². The molecular weight excluding hydrogens is 246 g/mol. The molecule has 5 heteroatoms. The molecule has 0 radical (unpaired) electrons. The molecule has 2 unspecified atom stereocenters. The second kappa shape index (κ2) is 6.23. The van der Waals surface area contributed by atoms with Gasteiger partial charge in [-0.1, -0.05) is 12.1 Å². The summed E-state index contributed by atoms with van der Waals surface area (Å²) in [5.74, 6) is 1.40. The highest BCUT2D eigenvalue weighted by atomic mass is 16.6. The summed E-state index contributed by atoms with van der Waals surface area (Å²) >= 11 is 0. The highest BCUT2D eigenvalue weighted by Crippen LogP contribution is 2.33. The Morgan fingerprint density at radius 2 is 2.16 bits per heavy atom. The van der Waals surface area contributed by atoms with Crippen LogP contribution in [-0.2, 0) is 4.74 Å². The first-order valence-electron chi connectivity index (χ1n) is 6.44. The second-order valence-electron chi connectivity index (χ2n) is 4.89. The zero-order chi connectivity index (χ0) is 13.7. The Kier molecular flexibility index (Phi) is 4.63. The zero-order valence-corrected chi connectivity index (χ0v) is 11.4. The van der Waals surface area contributed by atoms with Crippen LogP contribution in [-0.4, -0.2) is 50.2 Å². The van der Waals surface area contributed by atoms with Crippen LogP contribution in [0, 0.1) is 0 Å². The second-order valence-corrected chi connectivity index (χ2v) is 4.89. The third-order valence-corrected chi connectivity index (χ3v) is 3.17. The van der Waals surface area contributed by atoms with Gasteiger partial charge in [0.05, 0.1) is 6.61 Å². The van der Waals surface area contributed by atoms with E-state index in [-0.39, 0.29) is 0 Å². The maximum atomic E-state index is 10.5. The Balaban J connectivity index is 1.91. The molecule has 0 aliphatic carbocycles. The molecule has 1 aliphatic heterocycles. The van der Waals surface area contributed by atoms with Gasteiger partial charge >= 0.3 is 0 Å². The van der Waals surface area contributed by atoms with Gasteiger partial charge in [0.2, 0.25) is 0 Å². The molecular formula is C14H21NO4. The first kappa shape index (κ1) is 14.1. The Labute approximate surface area is 113 Å². The summed E-state index contributed by atoms with van der Waals surface area (Å²) in [4.78, 5) is 0. The molecule has 5 nitrogen and oxygen atoms in total. The molecule has 106 valence electrons. The van der Waals surface area contributed by atoms with Gasteiger partial charge in [-0.25, -0.2) is 0 Å². The molecule has 0 fully saturated rings. The predicted molar refractivity (Wildman–Crippen MR) is 71.7 cm³/mol. The molecule has 0 saturated heterocycles. The minimum atomic E-state index is -0.999. The van der Waals surface area contributed by atoms with Gasteiger partial charge in [-0.3, -0.25) is 0 Å². The van der Waals surface area contributed by atoms with Crippen LogP contribution >= 0.6 is 0 Å². The largest absolute Gasteiger partial charge is 0.486 e. The molecule has 2 N–H and O–H groups in total. The molecule has 2 rings (SSSR count). The molecule has 19 heavy (non-hydrogen) atoms. The molecule has 0 saturated carbocycles. The topological polar surface area (TPSA) is 60.0 Å². The van der Waals surface area contributed by atoms with E-state index in [0.29, 0.717) is 32.1 Å². The van der Waals surface area contributed by atoms with E-state index in [1.807, 2.05) is 24.3 Å². The molecule has 0 aromatic heterocycles. The third kappa shape index (κ3) is 3.59. The summed E-state index contributed by atoms with van der Waals surface area (Å²) in [6.07, 6.45) is -0.391. The number of ether oxygens (including phenoxy) is 3. The lowest BCUT2D eigenvalue weighted by Crippen LogP contribution is -2.54. The molecule has 0 amide bonds. The van der Waals surface area contributed by atoms with Crippen LogP contribution < -0.4 is 14.8 Å². The van der Waals surface area contributed by atoms with Crippen molar-refractivity contribution in [3.63, 3.8) is 0 Å². The van der Waals surface area contributed by atoms with Gasteiger partial charge in [0, 0.05) is 20.2 Å². The lowest BCUT2D eigenvalue weighted by molar-refractivity contribution is -0.0757. The van der Waals surface area contributed by atoms with Crippen molar-refractivity contribution in [1.29, 1.82) is 0 Å². The van der Waals surface area contributed by atoms with Gasteiger partial charge in [-0.15, -0.1) is 0 Å². The van der Waals surface area contributed by atoms with Crippen molar-refractivity contribution < 1.29 is 19.3 Å². The number of methoxy groups -OCH3 is 1. The molecule has 1 aromatic carbocycles. The quantitative estimate of drug-likeness (QED) is 0.747. The number of benzene rings is 1. The number of hydrogen-bond donors (Lipinski definition) is 2. The van der Waals surface area contributed by atoms with Gasteiger partial charge in [0.1, 0.15) is 12.2 Å². The number of hydrogen-bond acceptors (Lipinski definition) is 5. The average Bonchev–Trinajstić information content (AvgIpc) is 2.43. The van der Waals surface area contributed by atoms with Crippen LogP contribution in [0.15, 0.2) is 24.3 Å². The van der Waals surface area contributed by atoms with Gasteiger partial charge < -0.3 is 24.6 Å². The average molecular weight is 267 g/mol. The van der Waals surface area contributed by atoms with E-state index in [9.17, 15) is 5.11 Å². The SMILES string of the molecule is COCCNCC(C)(O)C1COc2ccccc2O1. The minimum Gasteiger partial charge on any atom is -0.486 e. The normalized spacial score (nSPS) is 20.9. The lowest BCUT2D eigenvalue weighted by Gasteiger charge is -2.36. The summed E-state index contributed by atoms with van der Waals surface area (Å²) in [6.45, 7) is 3.81.